The van der Waals surface area contributed by atoms with Gasteiger partial charge in [-0.3, -0.25) is 4.79 Å². The highest BCUT2D eigenvalue weighted by Gasteiger charge is 2.42. The summed E-state index contributed by atoms with van der Waals surface area (Å²) in [5, 5.41) is 2.72. The van der Waals surface area contributed by atoms with Gasteiger partial charge < -0.3 is 5.32 Å². The van der Waals surface area contributed by atoms with Crippen molar-refractivity contribution in [3.8, 4) is 11.8 Å². The van der Waals surface area contributed by atoms with E-state index in [0.717, 1.165) is 0 Å². The molecule has 5 heteroatoms. The van der Waals surface area contributed by atoms with Gasteiger partial charge in [0, 0.05) is 18.9 Å². The number of carbonyl (C=O) groups is 1. The second-order valence-electron chi connectivity index (χ2n) is 4.56. The van der Waals surface area contributed by atoms with Crippen LogP contribution < -0.4 is 5.32 Å². The molecule has 0 heterocycles. The van der Waals surface area contributed by atoms with Crippen LogP contribution in [0.4, 0.5) is 13.2 Å². The molecule has 0 radical (unpaired) electrons. The lowest BCUT2D eigenvalue weighted by atomic mass is 9.81. The molecule has 2 nitrogen and oxygen atoms in total. The number of alkyl halides is 3. The van der Waals surface area contributed by atoms with E-state index in [0.29, 0.717) is 25.8 Å². The van der Waals surface area contributed by atoms with Crippen molar-refractivity contribution in [3.05, 3.63) is 0 Å². The third kappa shape index (κ3) is 4.59. The summed E-state index contributed by atoms with van der Waals surface area (Å²) in [6.45, 7) is 2.19. The van der Waals surface area contributed by atoms with Crippen molar-refractivity contribution in [2.45, 2.75) is 45.2 Å². The predicted molar refractivity (Wildman–Crippen MR) is 62.6 cm³/mol. The van der Waals surface area contributed by atoms with Gasteiger partial charge in [0.1, 0.15) is 0 Å². The highest BCUT2D eigenvalue weighted by Crippen LogP contribution is 2.39. The van der Waals surface area contributed by atoms with E-state index >= 15 is 0 Å². The SMILES string of the molecule is CC#CCCNC(=O)C1CCC(C(F)(F)F)CC1. The molecule has 0 saturated heterocycles. The van der Waals surface area contributed by atoms with Gasteiger partial charge in [0.15, 0.2) is 0 Å². The topological polar surface area (TPSA) is 29.1 Å². The Morgan fingerprint density at radius 2 is 1.89 bits per heavy atom. The van der Waals surface area contributed by atoms with E-state index in [9.17, 15) is 18.0 Å². The van der Waals surface area contributed by atoms with Crippen LogP contribution in [-0.4, -0.2) is 18.6 Å². The number of hydrogen-bond donors (Lipinski definition) is 1. The highest BCUT2D eigenvalue weighted by atomic mass is 19.4. The first-order valence-electron chi connectivity index (χ1n) is 6.19. The maximum atomic E-state index is 12.4. The maximum Gasteiger partial charge on any atom is 0.391 e. The summed E-state index contributed by atoms with van der Waals surface area (Å²) in [6.07, 6.45) is -2.74. The van der Waals surface area contributed by atoms with Crippen molar-refractivity contribution >= 4 is 5.91 Å². The van der Waals surface area contributed by atoms with E-state index in [1.165, 1.54) is 0 Å². The Balaban J connectivity index is 2.29. The van der Waals surface area contributed by atoms with Crippen LogP contribution in [0.3, 0.4) is 0 Å². The molecule has 1 amide bonds. The van der Waals surface area contributed by atoms with E-state index in [4.69, 9.17) is 0 Å². The van der Waals surface area contributed by atoms with Gasteiger partial charge in [-0.05, 0) is 32.6 Å². The van der Waals surface area contributed by atoms with Crippen molar-refractivity contribution in [2.24, 2.45) is 11.8 Å². The minimum atomic E-state index is -4.11. The molecular weight excluding hydrogens is 243 g/mol. The summed E-state index contributed by atoms with van der Waals surface area (Å²) in [7, 11) is 0. The number of halogens is 3. The summed E-state index contributed by atoms with van der Waals surface area (Å²) in [6, 6.07) is 0. The van der Waals surface area contributed by atoms with Crippen molar-refractivity contribution in [1.82, 2.24) is 5.32 Å². The van der Waals surface area contributed by atoms with Crippen molar-refractivity contribution in [1.29, 1.82) is 0 Å². The van der Waals surface area contributed by atoms with Crippen LogP contribution in [0, 0.1) is 23.7 Å². The molecule has 0 aromatic heterocycles. The van der Waals surface area contributed by atoms with E-state index in [2.05, 4.69) is 17.2 Å². The maximum absolute atomic E-state index is 12.4. The first-order chi connectivity index (χ1) is 8.45. The Labute approximate surface area is 105 Å². The Bertz CT molecular complexity index is 332. The van der Waals surface area contributed by atoms with Gasteiger partial charge in [-0.25, -0.2) is 0 Å². The lowest BCUT2D eigenvalue weighted by Gasteiger charge is -2.29. The van der Waals surface area contributed by atoms with Crippen LogP contribution in [0.2, 0.25) is 0 Å². The smallest absolute Gasteiger partial charge is 0.355 e. The molecule has 1 aliphatic rings. The van der Waals surface area contributed by atoms with E-state index < -0.39 is 12.1 Å². The Kier molecular flexibility index (Phi) is 5.52. The second-order valence-corrected chi connectivity index (χ2v) is 4.56. The van der Waals surface area contributed by atoms with Gasteiger partial charge in [0.2, 0.25) is 5.91 Å². The van der Waals surface area contributed by atoms with Crippen molar-refractivity contribution in [2.75, 3.05) is 6.54 Å². The van der Waals surface area contributed by atoms with Crippen molar-refractivity contribution < 1.29 is 18.0 Å². The van der Waals surface area contributed by atoms with Crippen LogP contribution in [0.15, 0.2) is 0 Å². The van der Waals surface area contributed by atoms with Crippen LogP contribution >= 0.6 is 0 Å². The number of carbonyl (C=O) groups excluding carboxylic acids is 1. The fourth-order valence-corrected chi connectivity index (χ4v) is 2.20. The van der Waals surface area contributed by atoms with Gasteiger partial charge in [-0.2, -0.15) is 13.2 Å². The molecular formula is C13H18F3NO. The van der Waals surface area contributed by atoms with Crippen LogP contribution in [-0.2, 0) is 4.79 Å². The number of amides is 1. The van der Waals surface area contributed by atoms with E-state index in [1.54, 1.807) is 6.92 Å². The molecule has 0 spiro atoms. The Morgan fingerprint density at radius 1 is 1.28 bits per heavy atom. The molecule has 102 valence electrons. The number of nitrogens with one attached hydrogen (secondary N) is 1. The molecule has 0 aliphatic heterocycles. The minimum Gasteiger partial charge on any atom is -0.355 e. The fraction of sp³-hybridized carbons (Fsp3) is 0.769. The third-order valence-corrected chi connectivity index (χ3v) is 3.29. The number of rotatable bonds is 3. The van der Waals surface area contributed by atoms with Crippen LogP contribution in [0.25, 0.3) is 0 Å². The van der Waals surface area contributed by atoms with Crippen LogP contribution in [0.5, 0.6) is 0 Å². The second kappa shape index (κ2) is 6.67. The lowest BCUT2D eigenvalue weighted by Crippen LogP contribution is -2.36. The molecule has 0 bridgehead atoms. The lowest BCUT2D eigenvalue weighted by molar-refractivity contribution is -0.184. The first kappa shape index (κ1) is 14.9. The fourth-order valence-electron chi connectivity index (χ4n) is 2.20. The zero-order valence-corrected chi connectivity index (χ0v) is 10.4. The number of hydrogen-bond acceptors (Lipinski definition) is 1. The molecule has 1 fully saturated rings. The molecule has 18 heavy (non-hydrogen) atoms. The Morgan fingerprint density at radius 3 is 2.39 bits per heavy atom. The van der Waals surface area contributed by atoms with Gasteiger partial charge in [-0.1, -0.05) is 0 Å². The van der Waals surface area contributed by atoms with Gasteiger partial charge >= 0.3 is 6.18 Å². The molecule has 1 aliphatic carbocycles. The molecule has 1 saturated carbocycles. The molecule has 0 unspecified atom stereocenters. The molecule has 1 N–H and O–H groups in total. The summed E-state index contributed by atoms with van der Waals surface area (Å²) in [5.41, 5.74) is 0. The molecule has 0 atom stereocenters. The normalized spacial score (nSPS) is 24.0. The summed E-state index contributed by atoms with van der Waals surface area (Å²) >= 11 is 0. The van der Waals surface area contributed by atoms with Gasteiger partial charge in [-0.15, -0.1) is 11.8 Å². The summed E-state index contributed by atoms with van der Waals surface area (Å²) in [5.74, 6) is 3.91. The van der Waals surface area contributed by atoms with Gasteiger partial charge in [0.25, 0.3) is 0 Å². The average molecular weight is 261 g/mol. The summed E-state index contributed by atoms with van der Waals surface area (Å²) < 4.78 is 37.3. The molecule has 0 aromatic rings. The minimum absolute atomic E-state index is 0.0658. The zero-order chi connectivity index (χ0) is 13.6. The Hall–Kier alpha value is -1.18. The van der Waals surface area contributed by atoms with Crippen molar-refractivity contribution in [3.63, 3.8) is 0 Å². The zero-order valence-electron chi connectivity index (χ0n) is 10.4. The quantitative estimate of drug-likeness (QED) is 0.614. The molecule has 1 rings (SSSR count). The van der Waals surface area contributed by atoms with Gasteiger partial charge in [0.05, 0.1) is 5.92 Å². The monoisotopic (exact) mass is 261 g/mol. The first-order valence-corrected chi connectivity index (χ1v) is 6.19. The largest absolute Gasteiger partial charge is 0.391 e. The highest BCUT2D eigenvalue weighted by molar-refractivity contribution is 5.78. The third-order valence-electron chi connectivity index (χ3n) is 3.29. The summed E-state index contributed by atoms with van der Waals surface area (Å²) in [4.78, 5) is 11.7. The van der Waals surface area contributed by atoms with E-state index in [-0.39, 0.29) is 24.7 Å². The molecule has 0 aromatic carbocycles. The predicted octanol–water partition coefficient (Wildman–Crippen LogP) is 2.88. The average Bonchev–Trinajstić information content (AvgIpc) is 2.33. The standard InChI is InChI=1S/C13H18F3NO/c1-2-3-4-9-17-12(18)10-5-7-11(8-6-10)13(14,15)16/h10-11H,4-9H2,1H3,(H,17,18). The van der Waals surface area contributed by atoms with Crippen LogP contribution in [0.1, 0.15) is 39.0 Å². The van der Waals surface area contributed by atoms with E-state index in [1.807, 2.05) is 0 Å².